The maximum Gasteiger partial charge on any atom is 0.264 e. The summed E-state index contributed by atoms with van der Waals surface area (Å²) in [6, 6.07) is 0.951. The van der Waals surface area contributed by atoms with Gasteiger partial charge in [0.15, 0.2) is 0 Å². The highest BCUT2D eigenvalue weighted by molar-refractivity contribution is 7.90. The molecular formula is C43H81N5O6S. The Balaban J connectivity index is 2.50. The third-order valence-electron chi connectivity index (χ3n) is 10.3. The monoisotopic (exact) mass is 796 g/mol. The van der Waals surface area contributed by atoms with Crippen LogP contribution >= 0.6 is 0 Å². The molecule has 1 aromatic rings. The molecule has 0 aliphatic carbocycles. The van der Waals surface area contributed by atoms with Gasteiger partial charge < -0.3 is 31.0 Å². The van der Waals surface area contributed by atoms with Gasteiger partial charge in [-0.05, 0) is 69.2 Å². The summed E-state index contributed by atoms with van der Waals surface area (Å²) in [6.07, 6.45) is 26.0. The molecule has 2 atom stereocenters. The molecule has 0 heterocycles. The Morgan fingerprint density at radius 1 is 0.764 bits per heavy atom. The minimum absolute atomic E-state index is 0.151. The molecule has 0 aliphatic heterocycles. The van der Waals surface area contributed by atoms with Gasteiger partial charge >= 0.3 is 0 Å². The van der Waals surface area contributed by atoms with E-state index in [0.29, 0.717) is 56.1 Å². The van der Waals surface area contributed by atoms with E-state index in [2.05, 4.69) is 28.9 Å². The molecule has 12 heteroatoms. The van der Waals surface area contributed by atoms with Crippen molar-refractivity contribution in [3.8, 4) is 5.75 Å². The first kappa shape index (κ1) is 50.6. The highest BCUT2D eigenvalue weighted by Crippen LogP contribution is 2.30. The van der Waals surface area contributed by atoms with Crippen LogP contribution in [-0.2, 0) is 24.3 Å². The summed E-state index contributed by atoms with van der Waals surface area (Å²) >= 11 is 0. The molecule has 0 fully saturated rings. The number of carbonyl (C=O) groups excluding carboxylic acids is 1. The van der Waals surface area contributed by atoms with Gasteiger partial charge in [0.25, 0.3) is 10.0 Å². The average molecular weight is 796 g/mol. The second-order valence-corrected chi connectivity index (χ2v) is 16.9. The second kappa shape index (κ2) is 31.6. The number of hydrogen-bond donors (Lipinski definition) is 4. The van der Waals surface area contributed by atoms with Gasteiger partial charge in [0.2, 0.25) is 11.9 Å². The van der Waals surface area contributed by atoms with Gasteiger partial charge in [-0.2, -0.15) is 0 Å². The van der Waals surface area contributed by atoms with Crippen LogP contribution in [0.15, 0.2) is 16.0 Å². The van der Waals surface area contributed by atoms with Crippen LogP contribution in [0, 0.1) is 20.8 Å². The summed E-state index contributed by atoms with van der Waals surface area (Å²) in [5, 5.41) is 2.96. The standard InChI is InChI=1S/C43H81N5O6S/c1-7-9-11-13-15-17-19-21-23-25-30-53-34-38(54-31-26-24-22-20-18-16-14-12-10-8-2)33-47-42(49)39(44)28-27-29-46-43(45)48-55(50,51)41-35(3)32-40(52-6)36(4)37(41)5/h32,38-39H,7-31,33-34,44H2,1-6H3,(H,47,49)(H3,45,46,48)/t38?,39-/m0/s1. The number of sulfonamides is 1. The molecule has 6 N–H and O–H groups in total. The topological polar surface area (TPSA) is 167 Å². The minimum Gasteiger partial charge on any atom is -0.496 e. The maximum absolute atomic E-state index is 13.1. The number of nitrogens with two attached hydrogens (primary N) is 2. The quantitative estimate of drug-likeness (QED) is 0.0301. The molecule has 11 nitrogen and oxygen atoms in total. The lowest BCUT2D eigenvalue weighted by molar-refractivity contribution is -0.123. The zero-order chi connectivity index (χ0) is 40.7. The van der Waals surface area contributed by atoms with Crippen LogP contribution in [0.1, 0.15) is 172 Å². The lowest BCUT2D eigenvalue weighted by Gasteiger charge is -2.20. The van der Waals surface area contributed by atoms with Crippen molar-refractivity contribution in [2.75, 3.05) is 40.0 Å². The Morgan fingerprint density at radius 2 is 1.27 bits per heavy atom. The Kier molecular flexibility index (Phi) is 29.1. The summed E-state index contributed by atoms with van der Waals surface area (Å²) in [6.45, 7) is 12.1. The number of aryl methyl sites for hydroxylation is 1. The van der Waals surface area contributed by atoms with Crippen LogP contribution < -0.4 is 26.2 Å². The molecule has 0 saturated heterocycles. The number of carbonyl (C=O) groups is 1. The van der Waals surface area contributed by atoms with E-state index in [1.807, 2.05) is 6.92 Å². The molecule has 1 aromatic carbocycles. The lowest BCUT2D eigenvalue weighted by atomic mass is 10.1. The van der Waals surface area contributed by atoms with E-state index < -0.39 is 16.1 Å². The predicted molar refractivity (Wildman–Crippen MR) is 228 cm³/mol. The minimum atomic E-state index is -3.96. The average Bonchev–Trinajstić information content (AvgIpc) is 3.15. The molecule has 0 bridgehead atoms. The van der Waals surface area contributed by atoms with Crippen LogP contribution in [0.4, 0.5) is 0 Å². The van der Waals surface area contributed by atoms with Crippen LogP contribution in [0.5, 0.6) is 5.75 Å². The van der Waals surface area contributed by atoms with E-state index in [9.17, 15) is 13.2 Å². The van der Waals surface area contributed by atoms with Gasteiger partial charge in [-0.15, -0.1) is 0 Å². The van der Waals surface area contributed by atoms with Gasteiger partial charge in [-0.1, -0.05) is 129 Å². The van der Waals surface area contributed by atoms with Crippen molar-refractivity contribution in [2.45, 2.75) is 193 Å². The zero-order valence-corrected chi connectivity index (χ0v) is 36.6. The first-order valence-corrected chi connectivity index (χ1v) is 23.2. The van der Waals surface area contributed by atoms with E-state index in [1.165, 1.54) is 109 Å². The fraction of sp³-hybridized carbons (Fsp3) is 0.814. The van der Waals surface area contributed by atoms with Crippen LogP contribution in [0.25, 0.3) is 0 Å². The smallest absolute Gasteiger partial charge is 0.264 e. The van der Waals surface area contributed by atoms with Crippen molar-refractivity contribution in [2.24, 2.45) is 16.5 Å². The summed E-state index contributed by atoms with van der Waals surface area (Å²) in [5.41, 5.74) is 14.0. The third kappa shape index (κ3) is 23.4. The Bertz CT molecular complexity index is 1290. The van der Waals surface area contributed by atoms with E-state index in [4.69, 9.17) is 25.7 Å². The van der Waals surface area contributed by atoms with Crippen LogP contribution in [0.2, 0.25) is 0 Å². The number of rotatable bonds is 35. The number of unbranched alkanes of at least 4 members (excludes halogenated alkanes) is 18. The first-order valence-electron chi connectivity index (χ1n) is 21.7. The zero-order valence-electron chi connectivity index (χ0n) is 35.8. The molecule has 0 saturated carbocycles. The SMILES string of the molecule is CCCCCCCCCCCCOCC(CNC(=O)[C@@H](N)CCCN=C(N)NS(=O)(=O)c1c(C)cc(OC)c(C)c1C)OCCCCCCCCCCCC. The number of benzene rings is 1. The van der Waals surface area contributed by atoms with Crippen molar-refractivity contribution in [3.63, 3.8) is 0 Å². The largest absolute Gasteiger partial charge is 0.496 e. The maximum atomic E-state index is 13.1. The number of amides is 1. The van der Waals surface area contributed by atoms with E-state index in [-0.39, 0.29) is 29.4 Å². The molecule has 1 unspecified atom stereocenters. The normalized spacial score (nSPS) is 13.2. The van der Waals surface area contributed by atoms with Gasteiger partial charge in [0.05, 0.1) is 30.8 Å². The summed E-state index contributed by atoms with van der Waals surface area (Å²) in [7, 11) is -2.41. The Hall–Kier alpha value is -2.41. The van der Waals surface area contributed by atoms with Crippen LogP contribution in [-0.4, -0.2) is 72.5 Å². The molecule has 0 spiro atoms. The summed E-state index contributed by atoms with van der Waals surface area (Å²) < 4.78 is 46.2. The van der Waals surface area contributed by atoms with Crippen molar-refractivity contribution in [3.05, 3.63) is 22.8 Å². The number of nitrogens with zero attached hydrogens (tertiary/aromatic N) is 1. The molecule has 320 valence electrons. The molecule has 0 aliphatic rings. The first-order chi connectivity index (χ1) is 26.5. The fourth-order valence-corrected chi connectivity index (χ4v) is 8.25. The second-order valence-electron chi connectivity index (χ2n) is 15.3. The number of hydrogen-bond acceptors (Lipinski definition) is 8. The number of methoxy groups -OCH3 is 1. The number of guanidine groups is 1. The number of ether oxygens (including phenoxy) is 3. The predicted octanol–water partition coefficient (Wildman–Crippen LogP) is 8.68. The van der Waals surface area contributed by atoms with Crippen molar-refractivity contribution >= 4 is 21.9 Å². The highest BCUT2D eigenvalue weighted by Gasteiger charge is 2.23. The van der Waals surface area contributed by atoms with Gasteiger partial charge in [0, 0.05) is 26.3 Å². The fourth-order valence-electron chi connectivity index (χ4n) is 6.77. The van der Waals surface area contributed by atoms with Crippen molar-refractivity contribution in [1.82, 2.24) is 10.0 Å². The van der Waals surface area contributed by atoms with Crippen molar-refractivity contribution < 1.29 is 27.4 Å². The van der Waals surface area contributed by atoms with E-state index >= 15 is 0 Å². The third-order valence-corrected chi connectivity index (χ3v) is 11.9. The lowest BCUT2D eigenvalue weighted by Crippen LogP contribution is -2.45. The summed E-state index contributed by atoms with van der Waals surface area (Å²) in [4.78, 5) is 17.2. The molecule has 55 heavy (non-hydrogen) atoms. The Morgan fingerprint density at radius 3 is 1.80 bits per heavy atom. The number of aliphatic imine (C=N–C) groups is 1. The summed E-state index contributed by atoms with van der Waals surface area (Å²) in [5.74, 6) is 0.141. The van der Waals surface area contributed by atoms with Crippen LogP contribution in [0.3, 0.4) is 0 Å². The molecule has 1 amide bonds. The Labute approximate surface area is 336 Å². The van der Waals surface area contributed by atoms with E-state index in [1.54, 1.807) is 27.0 Å². The van der Waals surface area contributed by atoms with Gasteiger partial charge in [-0.3, -0.25) is 9.79 Å². The highest BCUT2D eigenvalue weighted by atomic mass is 32.2. The molecule has 0 aromatic heterocycles. The number of nitrogens with one attached hydrogen (secondary N) is 2. The molecule has 0 radical (unpaired) electrons. The van der Waals surface area contributed by atoms with E-state index in [0.717, 1.165) is 24.8 Å². The van der Waals surface area contributed by atoms with Gasteiger partial charge in [-0.25, -0.2) is 13.1 Å². The van der Waals surface area contributed by atoms with Crippen molar-refractivity contribution in [1.29, 1.82) is 0 Å². The van der Waals surface area contributed by atoms with Gasteiger partial charge in [0.1, 0.15) is 5.75 Å². The molecule has 1 rings (SSSR count). The molecular weight excluding hydrogens is 715 g/mol.